The van der Waals surface area contributed by atoms with E-state index in [1.165, 1.54) is 10.5 Å². The maximum atomic E-state index is 9.54. The third-order valence-electron chi connectivity index (χ3n) is 2.91. The third kappa shape index (κ3) is 3.78. The predicted molar refractivity (Wildman–Crippen MR) is 78.1 cm³/mol. The Hall–Kier alpha value is -1.39. The molecule has 1 heterocycles. The molecule has 4 heteroatoms. The molecule has 0 spiro atoms. The fraction of sp³-hybridized carbons (Fsp3) is 0.333. The molecular formula is C15H18N2OS. The van der Waals surface area contributed by atoms with E-state index < -0.39 is 6.10 Å². The summed E-state index contributed by atoms with van der Waals surface area (Å²) < 4.78 is 0. The fourth-order valence-electron chi connectivity index (χ4n) is 1.79. The lowest BCUT2D eigenvalue weighted by Crippen LogP contribution is -2.02. The minimum absolute atomic E-state index is 0.515. The van der Waals surface area contributed by atoms with Crippen LogP contribution in [0.1, 0.15) is 35.7 Å². The van der Waals surface area contributed by atoms with Crippen molar-refractivity contribution in [1.29, 1.82) is 0 Å². The number of hydrogen-bond donors (Lipinski definition) is 1. The molecule has 19 heavy (non-hydrogen) atoms. The average molecular weight is 274 g/mol. The summed E-state index contributed by atoms with van der Waals surface area (Å²) in [5.41, 5.74) is 2.91. The van der Waals surface area contributed by atoms with Crippen molar-refractivity contribution in [1.82, 2.24) is 9.97 Å². The van der Waals surface area contributed by atoms with Gasteiger partial charge in [-0.1, -0.05) is 17.7 Å². The van der Waals surface area contributed by atoms with Gasteiger partial charge in [-0.25, -0.2) is 9.97 Å². The van der Waals surface area contributed by atoms with Crippen molar-refractivity contribution in [2.24, 2.45) is 0 Å². The second kappa shape index (κ2) is 6.17. The van der Waals surface area contributed by atoms with Crippen LogP contribution in [0.15, 0.2) is 35.4 Å². The van der Waals surface area contributed by atoms with Crippen LogP contribution >= 0.6 is 11.8 Å². The summed E-state index contributed by atoms with van der Waals surface area (Å²) in [5.74, 6) is 1.54. The van der Waals surface area contributed by atoms with Crippen molar-refractivity contribution in [3.8, 4) is 0 Å². The highest BCUT2D eigenvalue weighted by atomic mass is 32.2. The summed E-state index contributed by atoms with van der Waals surface area (Å²) in [6.45, 7) is 5.71. The van der Waals surface area contributed by atoms with Gasteiger partial charge in [-0.3, -0.25) is 0 Å². The number of aliphatic hydroxyl groups is 1. The first-order chi connectivity index (χ1) is 9.06. The fourth-order valence-corrected chi connectivity index (χ4v) is 2.55. The van der Waals surface area contributed by atoms with Gasteiger partial charge >= 0.3 is 0 Å². The molecule has 0 unspecified atom stereocenters. The van der Waals surface area contributed by atoms with Gasteiger partial charge in [0.15, 0.2) is 0 Å². The van der Waals surface area contributed by atoms with Crippen molar-refractivity contribution in [2.75, 3.05) is 0 Å². The topological polar surface area (TPSA) is 46.0 Å². The molecule has 0 aliphatic heterocycles. The Kier molecular flexibility index (Phi) is 4.56. The number of aliphatic hydroxyl groups excluding tert-OH is 1. The smallest absolute Gasteiger partial charge is 0.138 e. The van der Waals surface area contributed by atoms with Gasteiger partial charge in [-0.15, -0.1) is 11.8 Å². The van der Waals surface area contributed by atoms with Gasteiger partial charge in [0.2, 0.25) is 0 Å². The lowest BCUT2D eigenvalue weighted by Gasteiger charge is -2.09. The van der Waals surface area contributed by atoms with Crippen molar-refractivity contribution in [3.63, 3.8) is 0 Å². The normalized spacial score (nSPS) is 12.4. The molecule has 1 atom stereocenters. The third-order valence-corrected chi connectivity index (χ3v) is 3.91. The average Bonchev–Trinajstić information content (AvgIpc) is 2.37. The number of thioether (sulfide) groups is 1. The molecule has 0 radical (unpaired) electrons. The maximum Gasteiger partial charge on any atom is 0.138 e. The minimum Gasteiger partial charge on any atom is -0.389 e. The van der Waals surface area contributed by atoms with Crippen molar-refractivity contribution in [3.05, 3.63) is 53.1 Å². The summed E-state index contributed by atoms with van der Waals surface area (Å²) in [4.78, 5) is 9.95. The molecule has 0 aliphatic carbocycles. The number of aryl methyl sites for hydroxylation is 2. The second-order valence-electron chi connectivity index (χ2n) is 4.60. The van der Waals surface area contributed by atoms with Gasteiger partial charge in [-0.05, 0) is 32.9 Å². The zero-order chi connectivity index (χ0) is 13.8. The van der Waals surface area contributed by atoms with E-state index in [1.807, 2.05) is 6.92 Å². The molecule has 0 bridgehead atoms. The Labute approximate surface area is 118 Å². The molecular weight excluding hydrogens is 256 g/mol. The molecule has 1 N–H and O–H groups in total. The molecule has 1 aromatic carbocycles. The van der Waals surface area contributed by atoms with Gasteiger partial charge in [0, 0.05) is 22.3 Å². The standard InChI is InChI=1S/C15H18N2OS/c1-10-4-6-13(7-5-10)19-9-15-16-8-14(12(3)18)11(2)17-15/h4-8,12,18H,9H2,1-3H3/t12-/m1/s1. The Morgan fingerprint density at radius 3 is 2.47 bits per heavy atom. The van der Waals surface area contributed by atoms with Gasteiger partial charge < -0.3 is 5.11 Å². The Bertz CT molecular complexity index is 553. The number of rotatable bonds is 4. The van der Waals surface area contributed by atoms with Crippen LogP contribution in [0, 0.1) is 13.8 Å². The van der Waals surface area contributed by atoms with E-state index in [1.54, 1.807) is 24.9 Å². The van der Waals surface area contributed by atoms with Crippen LogP contribution in [0.3, 0.4) is 0 Å². The maximum absolute atomic E-state index is 9.54. The van der Waals surface area contributed by atoms with Crippen molar-refractivity contribution >= 4 is 11.8 Å². The first-order valence-corrected chi connectivity index (χ1v) is 7.25. The lowest BCUT2D eigenvalue weighted by atomic mass is 10.1. The zero-order valence-electron chi connectivity index (χ0n) is 11.4. The van der Waals surface area contributed by atoms with Gasteiger partial charge in [-0.2, -0.15) is 0 Å². The van der Waals surface area contributed by atoms with Crippen LogP contribution < -0.4 is 0 Å². The van der Waals surface area contributed by atoms with Crippen LogP contribution in [0.5, 0.6) is 0 Å². The van der Waals surface area contributed by atoms with Gasteiger partial charge in [0.05, 0.1) is 11.9 Å². The van der Waals surface area contributed by atoms with E-state index in [0.29, 0.717) is 0 Å². The van der Waals surface area contributed by atoms with Crippen molar-refractivity contribution in [2.45, 2.75) is 37.5 Å². The second-order valence-corrected chi connectivity index (χ2v) is 5.65. The van der Waals surface area contributed by atoms with Crippen LogP contribution in [-0.4, -0.2) is 15.1 Å². The highest BCUT2D eigenvalue weighted by Crippen LogP contribution is 2.22. The molecule has 0 amide bonds. The van der Waals surface area contributed by atoms with E-state index in [2.05, 4.69) is 41.2 Å². The molecule has 3 nitrogen and oxygen atoms in total. The van der Waals surface area contributed by atoms with E-state index >= 15 is 0 Å². The molecule has 0 aliphatic rings. The van der Waals surface area contributed by atoms with Crippen molar-refractivity contribution < 1.29 is 5.11 Å². The SMILES string of the molecule is Cc1ccc(SCc2ncc([C@@H](C)O)c(C)n2)cc1. The first-order valence-electron chi connectivity index (χ1n) is 6.26. The summed E-state index contributed by atoms with van der Waals surface area (Å²) in [7, 11) is 0. The van der Waals surface area contributed by atoms with Crippen LogP contribution in [0.2, 0.25) is 0 Å². The number of benzene rings is 1. The molecule has 0 saturated heterocycles. The summed E-state index contributed by atoms with van der Waals surface area (Å²) in [6, 6.07) is 8.42. The lowest BCUT2D eigenvalue weighted by molar-refractivity contribution is 0.197. The van der Waals surface area contributed by atoms with Crippen LogP contribution in [-0.2, 0) is 5.75 Å². The first kappa shape index (κ1) is 14.0. The molecule has 0 saturated carbocycles. The summed E-state index contributed by atoms with van der Waals surface area (Å²) in [6.07, 6.45) is 1.21. The predicted octanol–water partition coefficient (Wildman–Crippen LogP) is 3.44. The number of nitrogens with zero attached hydrogens (tertiary/aromatic N) is 2. The van der Waals surface area contributed by atoms with Gasteiger partial charge in [0.1, 0.15) is 5.82 Å². The Morgan fingerprint density at radius 2 is 1.89 bits per heavy atom. The van der Waals surface area contributed by atoms with Crippen LogP contribution in [0.4, 0.5) is 0 Å². The quantitative estimate of drug-likeness (QED) is 0.868. The molecule has 1 aromatic heterocycles. The molecule has 2 aromatic rings. The Balaban J connectivity index is 2.04. The van der Waals surface area contributed by atoms with E-state index in [4.69, 9.17) is 0 Å². The molecule has 2 rings (SSSR count). The summed E-state index contributed by atoms with van der Waals surface area (Å²) >= 11 is 1.72. The monoisotopic (exact) mass is 274 g/mol. The molecule has 100 valence electrons. The Morgan fingerprint density at radius 1 is 1.21 bits per heavy atom. The van der Waals surface area contributed by atoms with Gasteiger partial charge in [0.25, 0.3) is 0 Å². The zero-order valence-corrected chi connectivity index (χ0v) is 12.2. The largest absolute Gasteiger partial charge is 0.389 e. The highest BCUT2D eigenvalue weighted by molar-refractivity contribution is 7.98. The van der Waals surface area contributed by atoms with E-state index in [9.17, 15) is 5.11 Å². The minimum atomic E-state index is -0.515. The van der Waals surface area contributed by atoms with Crippen LogP contribution in [0.25, 0.3) is 0 Å². The number of hydrogen-bond acceptors (Lipinski definition) is 4. The van der Waals surface area contributed by atoms with E-state index in [0.717, 1.165) is 22.8 Å². The summed E-state index contributed by atoms with van der Waals surface area (Å²) in [5, 5.41) is 9.54. The van der Waals surface area contributed by atoms with E-state index in [-0.39, 0.29) is 0 Å². The number of aromatic nitrogens is 2. The highest BCUT2D eigenvalue weighted by Gasteiger charge is 2.08. The molecule has 0 fully saturated rings.